The van der Waals surface area contributed by atoms with Gasteiger partial charge in [-0.2, -0.15) is 5.10 Å². The molecule has 2 aromatic carbocycles. The van der Waals surface area contributed by atoms with Crippen molar-refractivity contribution in [2.24, 2.45) is 0 Å². The number of halogens is 1. The maximum absolute atomic E-state index is 13.0. The summed E-state index contributed by atoms with van der Waals surface area (Å²) >= 11 is 0. The van der Waals surface area contributed by atoms with E-state index in [0.29, 0.717) is 25.9 Å². The summed E-state index contributed by atoms with van der Waals surface area (Å²) < 4.78 is 14.6. The van der Waals surface area contributed by atoms with Crippen LogP contribution in [0, 0.1) is 5.82 Å². The minimum Gasteiger partial charge on any atom is -0.342 e. The first kappa shape index (κ1) is 19.1. The van der Waals surface area contributed by atoms with Crippen LogP contribution in [0.15, 0.2) is 71.5 Å². The van der Waals surface area contributed by atoms with Gasteiger partial charge in [-0.3, -0.25) is 9.59 Å². The Bertz CT molecular complexity index is 1040. The minimum absolute atomic E-state index is 0.0217. The molecule has 0 atom stereocenters. The molecule has 1 aromatic heterocycles. The summed E-state index contributed by atoms with van der Waals surface area (Å²) in [5, 5.41) is 4.58. The van der Waals surface area contributed by atoms with Gasteiger partial charge >= 0.3 is 0 Å². The van der Waals surface area contributed by atoms with Gasteiger partial charge in [0.05, 0.1) is 18.2 Å². The zero-order valence-corrected chi connectivity index (χ0v) is 16.0. The maximum Gasteiger partial charge on any atom is 0.267 e. The van der Waals surface area contributed by atoms with E-state index in [9.17, 15) is 14.0 Å². The summed E-state index contributed by atoms with van der Waals surface area (Å²) in [5.41, 5.74) is 2.40. The molecule has 1 fully saturated rings. The Hall–Kier alpha value is -3.28. The van der Waals surface area contributed by atoms with Crippen molar-refractivity contribution in [2.45, 2.75) is 25.3 Å². The van der Waals surface area contributed by atoms with Crippen LogP contribution in [0.2, 0.25) is 0 Å². The Labute approximate surface area is 168 Å². The maximum atomic E-state index is 13.0. The third-order valence-electron chi connectivity index (χ3n) is 5.33. The predicted octanol–water partition coefficient (Wildman–Crippen LogP) is 3.46. The molecule has 0 unspecified atom stereocenters. The zero-order valence-electron chi connectivity index (χ0n) is 16.0. The number of amides is 1. The summed E-state index contributed by atoms with van der Waals surface area (Å²) in [6.07, 6.45) is 1.62. The number of carbonyl (C=O) groups excluding carboxylic acids is 1. The van der Waals surface area contributed by atoms with Gasteiger partial charge in [-0.1, -0.05) is 42.5 Å². The van der Waals surface area contributed by atoms with Crippen LogP contribution in [0.25, 0.3) is 11.3 Å². The van der Waals surface area contributed by atoms with Crippen LogP contribution in [0.4, 0.5) is 4.39 Å². The molecular weight excluding hydrogens is 369 g/mol. The van der Waals surface area contributed by atoms with Crippen LogP contribution in [-0.2, 0) is 11.2 Å². The van der Waals surface area contributed by atoms with Gasteiger partial charge < -0.3 is 4.90 Å². The SMILES string of the molecule is O=C(Cc1ccc(F)cc1)N1CCC(n2nc(-c3ccccc3)ccc2=O)CC1. The summed E-state index contributed by atoms with van der Waals surface area (Å²) in [6.45, 7) is 1.16. The quantitative estimate of drug-likeness (QED) is 0.685. The van der Waals surface area contributed by atoms with E-state index in [1.54, 1.807) is 28.9 Å². The second kappa shape index (κ2) is 8.39. The van der Waals surface area contributed by atoms with Crippen LogP contribution in [0.5, 0.6) is 0 Å². The van der Waals surface area contributed by atoms with Gasteiger partial charge in [-0.15, -0.1) is 0 Å². The van der Waals surface area contributed by atoms with Gasteiger partial charge in [0.15, 0.2) is 0 Å². The van der Waals surface area contributed by atoms with Crippen molar-refractivity contribution >= 4 is 5.91 Å². The Balaban J connectivity index is 1.42. The molecule has 0 radical (unpaired) electrons. The van der Waals surface area contributed by atoms with Crippen molar-refractivity contribution < 1.29 is 9.18 Å². The highest BCUT2D eigenvalue weighted by Crippen LogP contribution is 2.22. The van der Waals surface area contributed by atoms with Gasteiger partial charge in [0.2, 0.25) is 5.91 Å². The largest absolute Gasteiger partial charge is 0.342 e. The third kappa shape index (κ3) is 4.42. The van der Waals surface area contributed by atoms with E-state index >= 15 is 0 Å². The van der Waals surface area contributed by atoms with E-state index in [-0.39, 0.29) is 29.7 Å². The van der Waals surface area contributed by atoms with Crippen LogP contribution < -0.4 is 5.56 Å². The van der Waals surface area contributed by atoms with Crippen molar-refractivity contribution in [1.29, 1.82) is 0 Å². The molecule has 1 aliphatic rings. The van der Waals surface area contributed by atoms with Crippen molar-refractivity contribution in [2.75, 3.05) is 13.1 Å². The lowest BCUT2D eigenvalue weighted by molar-refractivity contribution is -0.131. The van der Waals surface area contributed by atoms with Gasteiger partial charge in [-0.25, -0.2) is 9.07 Å². The van der Waals surface area contributed by atoms with Crippen LogP contribution in [0.1, 0.15) is 24.4 Å². The van der Waals surface area contributed by atoms with Gasteiger partial charge in [0.1, 0.15) is 5.82 Å². The normalized spacial score (nSPS) is 14.7. The predicted molar refractivity (Wildman–Crippen MR) is 109 cm³/mol. The highest BCUT2D eigenvalue weighted by molar-refractivity contribution is 5.78. The molecule has 29 heavy (non-hydrogen) atoms. The first-order valence-electron chi connectivity index (χ1n) is 9.78. The molecule has 0 spiro atoms. The third-order valence-corrected chi connectivity index (χ3v) is 5.33. The number of nitrogens with zero attached hydrogens (tertiary/aromatic N) is 3. The topological polar surface area (TPSA) is 55.2 Å². The van der Waals surface area contributed by atoms with E-state index in [4.69, 9.17) is 0 Å². The molecule has 5 nitrogen and oxygen atoms in total. The first-order valence-corrected chi connectivity index (χ1v) is 9.78. The summed E-state index contributed by atoms with van der Waals surface area (Å²) in [5.74, 6) is -0.286. The summed E-state index contributed by atoms with van der Waals surface area (Å²) in [6, 6.07) is 19.0. The number of hydrogen-bond donors (Lipinski definition) is 0. The van der Waals surface area contributed by atoms with Gasteiger partial charge in [0, 0.05) is 24.7 Å². The van der Waals surface area contributed by atoms with Crippen molar-refractivity contribution in [1.82, 2.24) is 14.7 Å². The molecule has 1 amide bonds. The van der Waals surface area contributed by atoms with E-state index in [2.05, 4.69) is 5.10 Å². The molecule has 0 aliphatic carbocycles. The lowest BCUT2D eigenvalue weighted by atomic mass is 10.0. The number of piperidine rings is 1. The van der Waals surface area contributed by atoms with Crippen LogP contribution in [-0.4, -0.2) is 33.7 Å². The number of aromatic nitrogens is 2. The lowest BCUT2D eigenvalue weighted by Gasteiger charge is -2.32. The lowest BCUT2D eigenvalue weighted by Crippen LogP contribution is -2.42. The molecule has 0 bridgehead atoms. The Kier molecular flexibility index (Phi) is 5.51. The van der Waals surface area contributed by atoms with Crippen molar-refractivity contribution in [3.05, 3.63) is 88.5 Å². The fraction of sp³-hybridized carbons (Fsp3) is 0.261. The second-order valence-corrected chi connectivity index (χ2v) is 7.28. The molecule has 3 aromatic rings. The standard InChI is InChI=1S/C23H22FN3O2/c24-19-8-6-17(7-9-19)16-23(29)26-14-12-20(13-15-26)27-22(28)11-10-21(25-27)18-4-2-1-3-5-18/h1-11,20H,12-16H2. The fourth-order valence-corrected chi connectivity index (χ4v) is 3.70. The van der Waals surface area contributed by atoms with Crippen molar-refractivity contribution in [3.8, 4) is 11.3 Å². The molecule has 0 N–H and O–H groups in total. The number of benzene rings is 2. The van der Waals surface area contributed by atoms with E-state index in [1.165, 1.54) is 12.1 Å². The van der Waals surface area contributed by atoms with Crippen molar-refractivity contribution in [3.63, 3.8) is 0 Å². The average molecular weight is 391 g/mol. The van der Waals surface area contributed by atoms with Gasteiger partial charge in [0.25, 0.3) is 5.56 Å². The smallest absolute Gasteiger partial charge is 0.267 e. The average Bonchev–Trinajstić information content (AvgIpc) is 2.76. The highest BCUT2D eigenvalue weighted by Gasteiger charge is 2.25. The number of rotatable bonds is 4. The zero-order chi connectivity index (χ0) is 20.2. The molecule has 2 heterocycles. The summed E-state index contributed by atoms with van der Waals surface area (Å²) in [4.78, 5) is 26.7. The number of carbonyl (C=O) groups is 1. The fourth-order valence-electron chi connectivity index (χ4n) is 3.70. The molecule has 0 saturated carbocycles. The first-order chi connectivity index (χ1) is 14.1. The Morgan fingerprint density at radius 3 is 2.34 bits per heavy atom. The van der Waals surface area contributed by atoms with E-state index in [0.717, 1.165) is 16.8 Å². The van der Waals surface area contributed by atoms with Gasteiger partial charge in [-0.05, 0) is 36.6 Å². The molecular formula is C23H22FN3O2. The second-order valence-electron chi connectivity index (χ2n) is 7.28. The highest BCUT2D eigenvalue weighted by atomic mass is 19.1. The Morgan fingerprint density at radius 2 is 1.66 bits per heavy atom. The number of hydrogen-bond acceptors (Lipinski definition) is 3. The molecule has 1 aliphatic heterocycles. The monoisotopic (exact) mass is 391 g/mol. The minimum atomic E-state index is -0.308. The molecule has 4 rings (SSSR count). The number of likely N-dealkylation sites (tertiary alicyclic amines) is 1. The van der Waals surface area contributed by atoms with E-state index < -0.39 is 0 Å². The molecule has 148 valence electrons. The van der Waals surface area contributed by atoms with Crippen LogP contribution >= 0.6 is 0 Å². The molecule has 6 heteroatoms. The molecule has 1 saturated heterocycles. The summed E-state index contributed by atoms with van der Waals surface area (Å²) in [7, 11) is 0. The Morgan fingerprint density at radius 1 is 0.966 bits per heavy atom. The van der Waals surface area contributed by atoms with E-state index in [1.807, 2.05) is 35.2 Å². The van der Waals surface area contributed by atoms with Crippen LogP contribution in [0.3, 0.4) is 0 Å².